The molecule has 20 heavy (non-hydrogen) atoms. The summed E-state index contributed by atoms with van der Waals surface area (Å²) in [6.45, 7) is 4.99. The average molecular weight is 283 g/mol. The van der Waals surface area contributed by atoms with Crippen LogP contribution >= 0.6 is 0 Å². The lowest BCUT2D eigenvalue weighted by Crippen LogP contribution is -2.45. The average Bonchev–Trinajstić information content (AvgIpc) is 2.45. The lowest BCUT2D eigenvalue weighted by atomic mass is 10.1. The van der Waals surface area contributed by atoms with Crippen molar-refractivity contribution in [1.29, 1.82) is 0 Å². The van der Waals surface area contributed by atoms with Crippen molar-refractivity contribution in [3.05, 3.63) is 29.8 Å². The smallest absolute Gasteiger partial charge is 0.319 e. The third-order valence-corrected chi connectivity index (χ3v) is 3.57. The maximum absolute atomic E-state index is 13.4. The Morgan fingerprint density at radius 1 is 1.35 bits per heavy atom. The van der Waals surface area contributed by atoms with Gasteiger partial charge in [0.05, 0.1) is 5.69 Å². The van der Waals surface area contributed by atoms with Crippen molar-refractivity contribution in [2.45, 2.75) is 25.8 Å². The van der Waals surface area contributed by atoms with Crippen molar-refractivity contribution >= 4 is 11.7 Å². The number of carbonyl (C=O) groups excluding carboxylic acids is 1. The highest BCUT2D eigenvalue weighted by atomic mass is 19.2. The van der Waals surface area contributed by atoms with Crippen LogP contribution in [-0.4, -0.2) is 36.6 Å². The van der Waals surface area contributed by atoms with Gasteiger partial charge in [0, 0.05) is 19.1 Å². The van der Waals surface area contributed by atoms with Crippen LogP contribution in [0.3, 0.4) is 0 Å². The molecule has 2 rings (SSSR count). The molecule has 0 aliphatic carbocycles. The fourth-order valence-corrected chi connectivity index (χ4v) is 2.34. The summed E-state index contributed by atoms with van der Waals surface area (Å²) in [7, 11) is 0. The molecule has 110 valence electrons. The van der Waals surface area contributed by atoms with Gasteiger partial charge in [0.2, 0.25) is 0 Å². The first-order valence-corrected chi connectivity index (χ1v) is 6.84. The summed E-state index contributed by atoms with van der Waals surface area (Å²) in [5, 5.41) is 5.14. The largest absolute Gasteiger partial charge is 0.335 e. The van der Waals surface area contributed by atoms with E-state index >= 15 is 0 Å². The van der Waals surface area contributed by atoms with Crippen LogP contribution in [0, 0.1) is 11.6 Å². The van der Waals surface area contributed by atoms with Crippen LogP contribution < -0.4 is 10.6 Å². The topological polar surface area (TPSA) is 44.4 Å². The number of nitrogens with one attached hydrogen (secondary N) is 2. The van der Waals surface area contributed by atoms with Crippen molar-refractivity contribution in [3.8, 4) is 0 Å². The third kappa shape index (κ3) is 3.66. The number of hydrogen-bond acceptors (Lipinski definition) is 2. The zero-order valence-electron chi connectivity index (χ0n) is 11.5. The van der Waals surface area contributed by atoms with E-state index in [0.29, 0.717) is 0 Å². The highest BCUT2D eigenvalue weighted by Gasteiger charge is 2.20. The molecule has 1 fully saturated rings. The minimum Gasteiger partial charge on any atom is -0.335 e. The fraction of sp³-hybridized carbons (Fsp3) is 0.500. The first kappa shape index (κ1) is 14.7. The van der Waals surface area contributed by atoms with Gasteiger partial charge in [-0.25, -0.2) is 13.6 Å². The number of amides is 2. The van der Waals surface area contributed by atoms with Crippen LogP contribution in [0.15, 0.2) is 18.2 Å². The minimum atomic E-state index is -1.04. The van der Waals surface area contributed by atoms with Crippen LogP contribution in [0.4, 0.5) is 19.3 Å². The standard InChI is InChI=1S/C14H19F2N3O/c1-2-19-8-6-10(7-9-19)17-14(20)18-12-5-3-4-11(15)13(12)16/h3-5,10H,2,6-9H2,1H3,(H2,17,18,20). The van der Waals surface area contributed by atoms with Gasteiger partial charge in [-0.05, 0) is 31.5 Å². The molecule has 1 saturated heterocycles. The first-order valence-electron chi connectivity index (χ1n) is 6.84. The molecule has 2 N–H and O–H groups in total. The number of piperidine rings is 1. The number of urea groups is 1. The van der Waals surface area contributed by atoms with E-state index in [2.05, 4.69) is 22.5 Å². The summed E-state index contributed by atoms with van der Waals surface area (Å²) in [5.74, 6) is -2.01. The van der Waals surface area contributed by atoms with Gasteiger partial charge in [-0.15, -0.1) is 0 Å². The lowest BCUT2D eigenvalue weighted by Gasteiger charge is -2.31. The van der Waals surface area contributed by atoms with Crippen molar-refractivity contribution in [1.82, 2.24) is 10.2 Å². The molecule has 0 unspecified atom stereocenters. The van der Waals surface area contributed by atoms with Gasteiger partial charge < -0.3 is 15.5 Å². The fourth-order valence-electron chi connectivity index (χ4n) is 2.34. The predicted octanol–water partition coefficient (Wildman–Crippen LogP) is 2.57. The predicted molar refractivity (Wildman–Crippen MR) is 73.6 cm³/mol. The van der Waals surface area contributed by atoms with E-state index in [0.717, 1.165) is 38.5 Å². The molecule has 0 atom stereocenters. The molecule has 0 bridgehead atoms. The Labute approximate surface area is 117 Å². The molecule has 1 aromatic rings. The van der Waals surface area contributed by atoms with Crippen LogP contribution in [0.25, 0.3) is 0 Å². The molecule has 0 aromatic heterocycles. The molecule has 4 nitrogen and oxygen atoms in total. The zero-order chi connectivity index (χ0) is 14.5. The molecule has 1 aliphatic rings. The van der Waals surface area contributed by atoms with Crippen LogP contribution in [0.1, 0.15) is 19.8 Å². The monoisotopic (exact) mass is 283 g/mol. The lowest BCUT2D eigenvalue weighted by molar-refractivity contribution is 0.203. The quantitative estimate of drug-likeness (QED) is 0.895. The highest BCUT2D eigenvalue weighted by molar-refractivity contribution is 5.89. The molecule has 1 heterocycles. The van der Waals surface area contributed by atoms with Crippen molar-refractivity contribution in [2.24, 2.45) is 0 Å². The second-order valence-corrected chi connectivity index (χ2v) is 4.91. The third-order valence-electron chi connectivity index (χ3n) is 3.57. The van der Waals surface area contributed by atoms with Crippen molar-refractivity contribution < 1.29 is 13.6 Å². The van der Waals surface area contributed by atoms with Crippen LogP contribution in [-0.2, 0) is 0 Å². The summed E-state index contributed by atoms with van der Waals surface area (Å²) >= 11 is 0. The number of rotatable bonds is 3. The van der Waals surface area contributed by atoms with E-state index in [1.807, 2.05) is 0 Å². The van der Waals surface area contributed by atoms with E-state index < -0.39 is 17.7 Å². The van der Waals surface area contributed by atoms with Crippen LogP contribution in [0.5, 0.6) is 0 Å². The second-order valence-electron chi connectivity index (χ2n) is 4.91. The maximum atomic E-state index is 13.4. The Kier molecular flexibility index (Phi) is 4.89. The Morgan fingerprint density at radius 3 is 2.70 bits per heavy atom. The summed E-state index contributed by atoms with van der Waals surface area (Å²) in [5.41, 5.74) is -0.145. The molecule has 2 amide bonds. The van der Waals surface area contributed by atoms with Gasteiger partial charge in [-0.2, -0.15) is 0 Å². The number of halogens is 2. The van der Waals surface area contributed by atoms with Gasteiger partial charge in [-0.1, -0.05) is 13.0 Å². The molecular formula is C14H19F2N3O. The molecule has 1 aliphatic heterocycles. The number of anilines is 1. The summed E-state index contributed by atoms with van der Waals surface area (Å²) in [4.78, 5) is 14.1. The van der Waals surface area contributed by atoms with E-state index in [9.17, 15) is 13.6 Å². The second kappa shape index (κ2) is 6.65. The molecule has 0 saturated carbocycles. The van der Waals surface area contributed by atoms with E-state index in [-0.39, 0.29) is 11.7 Å². The summed E-state index contributed by atoms with van der Waals surface area (Å²) < 4.78 is 26.4. The first-order chi connectivity index (χ1) is 9.60. The molecular weight excluding hydrogens is 264 g/mol. The Bertz CT molecular complexity index is 473. The number of hydrogen-bond donors (Lipinski definition) is 2. The Morgan fingerprint density at radius 2 is 2.05 bits per heavy atom. The molecule has 0 spiro atoms. The van der Waals surface area contributed by atoms with E-state index in [4.69, 9.17) is 0 Å². The van der Waals surface area contributed by atoms with Gasteiger partial charge in [-0.3, -0.25) is 0 Å². The van der Waals surface area contributed by atoms with Crippen molar-refractivity contribution in [3.63, 3.8) is 0 Å². The maximum Gasteiger partial charge on any atom is 0.319 e. The number of nitrogens with zero attached hydrogens (tertiary/aromatic N) is 1. The van der Waals surface area contributed by atoms with Gasteiger partial charge >= 0.3 is 6.03 Å². The highest BCUT2D eigenvalue weighted by Crippen LogP contribution is 2.16. The minimum absolute atomic E-state index is 0.0782. The zero-order valence-corrected chi connectivity index (χ0v) is 11.5. The van der Waals surface area contributed by atoms with E-state index in [1.165, 1.54) is 12.1 Å². The van der Waals surface area contributed by atoms with Crippen LogP contribution in [0.2, 0.25) is 0 Å². The summed E-state index contributed by atoms with van der Waals surface area (Å²) in [6.07, 6.45) is 1.74. The Hall–Kier alpha value is -1.69. The summed E-state index contributed by atoms with van der Waals surface area (Å²) in [6, 6.07) is 3.28. The van der Waals surface area contributed by atoms with Gasteiger partial charge in [0.15, 0.2) is 11.6 Å². The normalized spacial score (nSPS) is 16.9. The number of likely N-dealkylation sites (tertiary alicyclic amines) is 1. The van der Waals surface area contributed by atoms with Crippen molar-refractivity contribution in [2.75, 3.05) is 25.0 Å². The number of benzene rings is 1. The molecule has 0 radical (unpaired) electrons. The molecule has 6 heteroatoms. The SMILES string of the molecule is CCN1CCC(NC(=O)Nc2cccc(F)c2F)CC1. The number of carbonyl (C=O) groups is 1. The Balaban J connectivity index is 1.85. The molecule has 1 aromatic carbocycles. The van der Waals surface area contributed by atoms with E-state index in [1.54, 1.807) is 0 Å². The van der Waals surface area contributed by atoms with Gasteiger partial charge in [0.1, 0.15) is 0 Å². The van der Waals surface area contributed by atoms with Gasteiger partial charge in [0.25, 0.3) is 0 Å².